The van der Waals surface area contributed by atoms with Crippen LogP contribution in [-0.2, 0) is 11.3 Å². The van der Waals surface area contributed by atoms with Crippen molar-refractivity contribution in [2.45, 2.75) is 11.5 Å². The molecular formula is C19H16O6S. The van der Waals surface area contributed by atoms with Gasteiger partial charge in [-0.3, -0.25) is 0 Å². The van der Waals surface area contributed by atoms with E-state index >= 15 is 0 Å². The second kappa shape index (κ2) is 7.53. The van der Waals surface area contributed by atoms with Gasteiger partial charge < -0.3 is 19.0 Å². The zero-order valence-electron chi connectivity index (χ0n) is 14.1. The lowest BCUT2D eigenvalue weighted by atomic mass is 10.1. The maximum absolute atomic E-state index is 12.4. The van der Waals surface area contributed by atoms with Crippen LogP contribution in [0.15, 0.2) is 56.6 Å². The average molecular weight is 372 g/mol. The van der Waals surface area contributed by atoms with Gasteiger partial charge in [-0.05, 0) is 36.6 Å². The molecule has 0 aliphatic rings. The molecule has 0 unspecified atom stereocenters. The summed E-state index contributed by atoms with van der Waals surface area (Å²) in [6.07, 6.45) is 1.93. The zero-order valence-corrected chi connectivity index (χ0v) is 15.0. The Kier molecular flexibility index (Phi) is 5.18. The van der Waals surface area contributed by atoms with Gasteiger partial charge in [0, 0.05) is 28.0 Å². The van der Waals surface area contributed by atoms with Crippen molar-refractivity contribution in [3.63, 3.8) is 0 Å². The molecule has 1 aromatic heterocycles. The number of phenols is 1. The van der Waals surface area contributed by atoms with E-state index in [-0.39, 0.29) is 17.9 Å². The third-order valence-electron chi connectivity index (χ3n) is 3.80. The molecule has 0 radical (unpaired) electrons. The third-order valence-corrected chi connectivity index (χ3v) is 4.53. The fourth-order valence-corrected chi connectivity index (χ4v) is 2.96. The Hall–Kier alpha value is -2.93. The summed E-state index contributed by atoms with van der Waals surface area (Å²) >= 11 is 1.54. The second-order valence-corrected chi connectivity index (χ2v) is 6.29. The lowest BCUT2D eigenvalue weighted by molar-refractivity contribution is 0.0470. The fourth-order valence-electron chi connectivity index (χ4n) is 2.53. The molecule has 6 nitrogen and oxygen atoms in total. The Morgan fingerprint density at radius 3 is 2.73 bits per heavy atom. The Morgan fingerprint density at radius 2 is 2.00 bits per heavy atom. The summed E-state index contributed by atoms with van der Waals surface area (Å²) in [5.41, 5.74) is 0.432. The largest absolute Gasteiger partial charge is 0.508 e. The number of ether oxygens (including phenoxy) is 2. The van der Waals surface area contributed by atoms with Gasteiger partial charge in [-0.25, -0.2) is 9.59 Å². The standard InChI is InChI=1S/C19H16O6S/c1-23-16-9-13(26-2)4-6-15(16)19(22)24-10-11-7-18(21)25-17-8-12(20)3-5-14(11)17/h3-9,20H,10H2,1-2H3. The van der Waals surface area contributed by atoms with Crippen molar-refractivity contribution >= 4 is 28.7 Å². The Balaban J connectivity index is 1.86. The number of esters is 1. The number of methoxy groups -OCH3 is 1. The van der Waals surface area contributed by atoms with Gasteiger partial charge in [-0.1, -0.05) is 0 Å². The molecule has 0 aliphatic carbocycles. The van der Waals surface area contributed by atoms with E-state index in [9.17, 15) is 14.7 Å². The van der Waals surface area contributed by atoms with Crippen molar-refractivity contribution in [3.05, 3.63) is 64.0 Å². The number of fused-ring (bicyclic) bond motifs is 1. The van der Waals surface area contributed by atoms with Gasteiger partial charge in [0.1, 0.15) is 29.3 Å². The number of thioether (sulfide) groups is 1. The minimum atomic E-state index is -0.587. The maximum atomic E-state index is 12.4. The lowest BCUT2D eigenvalue weighted by Gasteiger charge is -2.11. The third kappa shape index (κ3) is 3.67. The highest BCUT2D eigenvalue weighted by Gasteiger charge is 2.16. The number of hydrogen-bond acceptors (Lipinski definition) is 7. The van der Waals surface area contributed by atoms with Crippen molar-refractivity contribution in [1.29, 1.82) is 0 Å². The van der Waals surface area contributed by atoms with Gasteiger partial charge >= 0.3 is 11.6 Å². The lowest BCUT2D eigenvalue weighted by Crippen LogP contribution is -2.09. The first-order chi connectivity index (χ1) is 12.5. The minimum absolute atomic E-state index is 0.0200. The molecule has 0 atom stereocenters. The number of aromatic hydroxyl groups is 1. The summed E-state index contributed by atoms with van der Waals surface area (Å²) in [6.45, 7) is -0.112. The van der Waals surface area contributed by atoms with Crippen LogP contribution in [0, 0.1) is 0 Å². The quantitative estimate of drug-likeness (QED) is 0.416. The molecule has 0 fully saturated rings. The number of hydrogen-bond donors (Lipinski definition) is 1. The molecule has 0 saturated carbocycles. The van der Waals surface area contributed by atoms with E-state index in [2.05, 4.69) is 0 Å². The molecule has 3 rings (SSSR count). The highest BCUT2D eigenvalue weighted by Crippen LogP contribution is 2.27. The van der Waals surface area contributed by atoms with Crippen LogP contribution in [-0.4, -0.2) is 24.4 Å². The molecule has 0 amide bonds. The summed E-state index contributed by atoms with van der Waals surface area (Å²) in [5, 5.41) is 10.1. The van der Waals surface area contributed by atoms with Crippen molar-refractivity contribution in [2.75, 3.05) is 13.4 Å². The van der Waals surface area contributed by atoms with Crippen molar-refractivity contribution in [2.24, 2.45) is 0 Å². The molecule has 1 N–H and O–H groups in total. The van der Waals surface area contributed by atoms with Crippen LogP contribution in [0.4, 0.5) is 0 Å². The molecule has 134 valence electrons. The smallest absolute Gasteiger partial charge is 0.342 e. The number of phenolic OH excluding ortho intramolecular Hbond substituents is 1. The normalized spacial score (nSPS) is 10.7. The number of carbonyl (C=O) groups excluding carboxylic acids is 1. The summed E-state index contributed by atoms with van der Waals surface area (Å²) in [5.74, 6) is -0.160. The molecule has 0 spiro atoms. The predicted octanol–water partition coefficient (Wildman–Crippen LogP) is 3.59. The number of benzene rings is 2. The van der Waals surface area contributed by atoms with Crippen LogP contribution in [0.5, 0.6) is 11.5 Å². The first-order valence-electron chi connectivity index (χ1n) is 7.66. The number of rotatable bonds is 5. The molecule has 0 bridgehead atoms. The van der Waals surface area contributed by atoms with Crippen molar-refractivity contribution in [1.82, 2.24) is 0 Å². The van der Waals surface area contributed by atoms with E-state index in [4.69, 9.17) is 13.9 Å². The molecule has 3 aromatic rings. The minimum Gasteiger partial charge on any atom is -0.508 e. The van der Waals surface area contributed by atoms with E-state index in [1.165, 1.54) is 37.1 Å². The second-order valence-electron chi connectivity index (χ2n) is 5.41. The number of carbonyl (C=O) groups is 1. The van der Waals surface area contributed by atoms with Gasteiger partial charge in [-0.2, -0.15) is 0 Å². The van der Waals surface area contributed by atoms with Gasteiger partial charge in [0.2, 0.25) is 0 Å². The monoisotopic (exact) mass is 372 g/mol. The summed E-state index contributed by atoms with van der Waals surface area (Å²) in [7, 11) is 1.48. The SMILES string of the molecule is COc1cc(SC)ccc1C(=O)OCc1cc(=O)oc2cc(O)ccc12. The molecule has 26 heavy (non-hydrogen) atoms. The van der Waals surface area contributed by atoms with E-state index in [1.54, 1.807) is 24.3 Å². The van der Waals surface area contributed by atoms with E-state index < -0.39 is 11.6 Å². The van der Waals surface area contributed by atoms with Gasteiger partial charge in [0.05, 0.1) is 7.11 Å². The molecule has 1 heterocycles. The van der Waals surface area contributed by atoms with Crippen LogP contribution in [0.1, 0.15) is 15.9 Å². The molecule has 0 saturated heterocycles. The predicted molar refractivity (Wildman–Crippen MR) is 98.0 cm³/mol. The Labute approximate surface area is 153 Å². The summed E-state index contributed by atoms with van der Waals surface area (Å²) in [4.78, 5) is 25.1. The average Bonchev–Trinajstić information content (AvgIpc) is 2.64. The first kappa shape index (κ1) is 17.9. The van der Waals surface area contributed by atoms with E-state index in [1.807, 2.05) is 6.26 Å². The topological polar surface area (TPSA) is 86.0 Å². The molecule has 7 heteroatoms. The van der Waals surface area contributed by atoms with Crippen LogP contribution in [0.2, 0.25) is 0 Å². The zero-order chi connectivity index (χ0) is 18.7. The van der Waals surface area contributed by atoms with Gasteiger partial charge in [0.15, 0.2) is 0 Å². The van der Waals surface area contributed by atoms with Crippen LogP contribution >= 0.6 is 11.8 Å². The molecular weight excluding hydrogens is 356 g/mol. The summed E-state index contributed by atoms with van der Waals surface area (Å²) in [6, 6.07) is 10.9. The molecule has 0 aliphatic heterocycles. The first-order valence-corrected chi connectivity index (χ1v) is 8.89. The van der Waals surface area contributed by atoms with Gasteiger partial charge in [-0.15, -0.1) is 11.8 Å². The van der Waals surface area contributed by atoms with Crippen molar-refractivity contribution in [3.8, 4) is 11.5 Å². The van der Waals surface area contributed by atoms with Crippen molar-refractivity contribution < 1.29 is 23.8 Å². The Bertz CT molecular complexity index is 1020. The van der Waals surface area contributed by atoms with Gasteiger partial charge in [0.25, 0.3) is 0 Å². The molecule has 2 aromatic carbocycles. The summed E-state index contributed by atoms with van der Waals surface area (Å²) < 4.78 is 15.7. The van der Waals surface area contributed by atoms with Crippen LogP contribution < -0.4 is 10.4 Å². The van der Waals surface area contributed by atoms with Crippen LogP contribution in [0.3, 0.4) is 0 Å². The van der Waals surface area contributed by atoms with Crippen LogP contribution in [0.25, 0.3) is 11.0 Å². The highest BCUT2D eigenvalue weighted by atomic mass is 32.2. The van der Waals surface area contributed by atoms with E-state index in [0.29, 0.717) is 22.3 Å². The Morgan fingerprint density at radius 1 is 1.19 bits per heavy atom. The fraction of sp³-hybridized carbons (Fsp3) is 0.158. The highest BCUT2D eigenvalue weighted by molar-refractivity contribution is 7.98. The van der Waals surface area contributed by atoms with E-state index in [0.717, 1.165) is 4.90 Å². The maximum Gasteiger partial charge on any atom is 0.342 e.